The lowest BCUT2D eigenvalue weighted by atomic mass is 9.66. The van der Waals surface area contributed by atoms with Crippen molar-refractivity contribution in [1.82, 2.24) is 4.98 Å². The van der Waals surface area contributed by atoms with Crippen molar-refractivity contribution in [2.45, 2.75) is 5.41 Å². The van der Waals surface area contributed by atoms with Crippen LogP contribution in [-0.2, 0) is 5.41 Å². The SMILES string of the molecule is c1ccc(-c2ccc(-c3cc(-c4ccc(-c5cc6ccccc6c6c5-c5ccccc5C6(c5ccccc5)c5ccccc5)cc4)cc(-c4ccc(-c5ccccc5)cc4)n3)cc2)cc1. The van der Waals surface area contributed by atoms with Gasteiger partial charge in [0.2, 0.25) is 0 Å². The Labute approximate surface area is 380 Å². The summed E-state index contributed by atoms with van der Waals surface area (Å²) in [7, 11) is 0. The number of rotatable bonds is 8. The first-order valence-electron chi connectivity index (χ1n) is 22.4. The first kappa shape index (κ1) is 38.3. The van der Waals surface area contributed by atoms with Crippen molar-refractivity contribution < 1.29 is 0 Å². The van der Waals surface area contributed by atoms with E-state index in [9.17, 15) is 0 Å². The van der Waals surface area contributed by atoms with Gasteiger partial charge in [-0.3, -0.25) is 0 Å². The predicted molar refractivity (Wildman–Crippen MR) is 272 cm³/mol. The summed E-state index contributed by atoms with van der Waals surface area (Å²) in [6, 6.07) is 95.0. The number of benzene rings is 10. The summed E-state index contributed by atoms with van der Waals surface area (Å²) in [6.07, 6.45) is 0. The maximum absolute atomic E-state index is 5.32. The fraction of sp³-hybridized carbons (Fsp3) is 0.0156. The topological polar surface area (TPSA) is 12.9 Å². The van der Waals surface area contributed by atoms with Crippen LogP contribution in [0, 0.1) is 0 Å². The molecule has 0 amide bonds. The summed E-state index contributed by atoms with van der Waals surface area (Å²) in [5, 5.41) is 2.51. The third kappa shape index (κ3) is 6.60. The predicted octanol–water partition coefficient (Wildman–Crippen LogP) is 16.6. The molecule has 12 rings (SSSR count). The lowest BCUT2D eigenvalue weighted by Gasteiger charge is -2.35. The Kier molecular flexibility index (Phi) is 9.46. The van der Waals surface area contributed by atoms with Crippen LogP contribution in [0.4, 0.5) is 0 Å². The van der Waals surface area contributed by atoms with Crippen LogP contribution in [0.15, 0.2) is 261 Å². The Hall–Kier alpha value is -8.39. The van der Waals surface area contributed by atoms with E-state index in [0.717, 1.165) is 33.6 Å². The van der Waals surface area contributed by atoms with Gasteiger partial charge in [0.25, 0.3) is 0 Å². The van der Waals surface area contributed by atoms with Crippen molar-refractivity contribution in [3.8, 4) is 78.1 Å². The van der Waals surface area contributed by atoms with Crippen molar-refractivity contribution >= 4 is 10.8 Å². The van der Waals surface area contributed by atoms with E-state index in [4.69, 9.17) is 4.98 Å². The minimum absolute atomic E-state index is 0.508. The second kappa shape index (κ2) is 16.1. The van der Waals surface area contributed by atoms with Gasteiger partial charge in [-0.2, -0.15) is 0 Å². The van der Waals surface area contributed by atoms with Crippen molar-refractivity contribution in [2.75, 3.05) is 0 Å². The summed E-state index contributed by atoms with van der Waals surface area (Å²) in [5.74, 6) is 0. The van der Waals surface area contributed by atoms with Gasteiger partial charge in [-0.1, -0.05) is 243 Å². The molecular formula is C64H43N. The average Bonchev–Trinajstić information content (AvgIpc) is 3.72. The molecule has 0 fully saturated rings. The molecule has 0 saturated heterocycles. The monoisotopic (exact) mass is 825 g/mol. The molecule has 65 heavy (non-hydrogen) atoms. The second-order valence-electron chi connectivity index (χ2n) is 17.0. The second-order valence-corrected chi connectivity index (χ2v) is 17.0. The van der Waals surface area contributed by atoms with Gasteiger partial charge >= 0.3 is 0 Å². The van der Waals surface area contributed by atoms with E-state index in [2.05, 4.69) is 261 Å². The molecule has 0 unspecified atom stereocenters. The highest BCUT2D eigenvalue weighted by Gasteiger charge is 2.48. The van der Waals surface area contributed by atoms with E-state index >= 15 is 0 Å². The Morgan fingerprint density at radius 1 is 0.277 bits per heavy atom. The largest absolute Gasteiger partial charge is 0.248 e. The highest BCUT2D eigenvalue weighted by atomic mass is 14.7. The Morgan fingerprint density at radius 3 is 1.22 bits per heavy atom. The van der Waals surface area contributed by atoms with Crippen LogP contribution in [0.2, 0.25) is 0 Å². The van der Waals surface area contributed by atoms with Crippen LogP contribution < -0.4 is 0 Å². The highest BCUT2D eigenvalue weighted by molar-refractivity contribution is 6.07. The van der Waals surface area contributed by atoms with Crippen LogP contribution in [0.5, 0.6) is 0 Å². The average molecular weight is 826 g/mol. The zero-order valence-corrected chi connectivity index (χ0v) is 35.8. The smallest absolute Gasteiger partial charge is 0.0719 e. The number of aromatic nitrogens is 1. The molecule has 1 aliphatic rings. The van der Waals surface area contributed by atoms with Gasteiger partial charge < -0.3 is 0 Å². The normalized spacial score (nSPS) is 12.4. The van der Waals surface area contributed by atoms with Crippen molar-refractivity contribution in [3.05, 3.63) is 283 Å². The van der Waals surface area contributed by atoms with Crippen molar-refractivity contribution in [1.29, 1.82) is 0 Å². The lowest BCUT2D eigenvalue weighted by molar-refractivity contribution is 0.775. The first-order chi connectivity index (χ1) is 32.2. The molecule has 1 heterocycles. The number of nitrogens with zero attached hydrogens (tertiary/aromatic N) is 1. The number of hydrogen-bond acceptors (Lipinski definition) is 1. The minimum Gasteiger partial charge on any atom is -0.248 e. The summed E-state index contributed by atoms with van der Waals surface area (Å²) in [5.41, 5.74) is 20.8. The molecule has 1 heteroatoms. The minimum atomic E-state index is -0.508. The number of hydrogen-bond donors (Lipinski definition) is 0. The van der Waals surface area contributed by atoms with E-state index in [-0.39, 0.29) is 0 Å². The van der Waals surface area contributed by atoms with Crippen molar-refractivity contribution in [3.63, 3.8) is 0 Å². The summed E-state index contributed by atoms with van der Waals surface area (Å²) in [6.45, 7) is 0. The Balaban J connectivity index is 1.01. The summed E-state index contributed by atoms with van der Waals surface area (Å²) in [4.78, 5) is 5.32. The van der Waals surface area contributed by atoms with E-state index in [1.54, 1.807) is 0 Å². The molecule has 0 N–H and O–H groups in total. The number of pyridine rings is 1. The standard InChI is InChI=1S/C64H43N/c1-5-17-44(18-6-1)46-31-37-50(38-32-46)60-42-53(43-61(65-60)51-39-33-47(34-40-51)45-19-7-2-8-20-45)48-29-35-49(36-30-48)58-41-52-21-13-14-26-56(52)63-62(58)57-27-15-16-28-59(57)64(63,54-22-9-3-10-23-54)55-24-11-4-12-25-55/h1-43H. The fourth-order valence-corrected chi connectivity index (χ4v) is 10.3. The maximum atomic E-state index is 5.32. The van der Waals surface area contributed by atoms with Gasteiger partial charge in [0.15, 0.2) is 0 Å². The molecule has 0 saturated carbocycles. The highest BCUT2D eigenvalue weighted by Crippen LogP contribution is 2.60. The van der Waals surface area contributed by atoms with Crippen LogP contribution in [0.3, 0.4) is 0 Å². The van der Waals surface area contributed by atoms with E-state index in [1.165, 1.54) is 77.5 Å². The van der Waals surface area contributed by atoms with E-state index < -0.39 is 5.41 Å². The molecule has 1 aliphatic carbocycles. The molecule has 0 spiro atoms. The zero-order valence-electron chi connectivity index (χ0n) is 35.8. The summed E-state index contributed by atoms with van der Waals surface area (Å²) >= 11 is 0. The van der Waals surface area contributed by atoms with Crippen LogP contribution in [-0.4, -0.2) is 4.98 Å². The van der Waals surface area contributed by atoms with Crippen molar-refractivity contribution in [2.24, 2.45) is 0 Å². The first-order valence-corrected chi connectivity index (χ1v) is 22.4. The molecule has 11 aromatic rings. The fourth-order valence-electron chi connectivity index (χ4n) is 10.3. The lowest BCUT2D eigenvalue weighted by Crippen LogP contribution is -2.28. The molecule has 0 radical (unpaired) electrons. The molecular weight excluding hydrogens is 783 g/mol. The Bertz CT molecular complexity index is 3330. The molecule has 10 aromatic carbocycles. The maximum Gasteiger partial charge on any atom is 0.0719 e. The molecule has 0 aliphatic heterocycles. The molecule has 0 bridgehead atoms. The van der Waals surface area contributed by atoms with Gasteiger partial charge in [-0.25, -0.2) is 4.98 Å². The molecule has 1 aromatic heterocycles. The molecule has 1 nitrogen and oxygen atoms in total. The quantitative estimate of drug-likeness (QED) is 0.149. The Morgan fingerprint density at radius 2 is 0.677 bits per heavy atom. The third-order valence-corrected chi connectivity index (χ3v) is 13.4. The van der Waals surface area contributed by atoms with Crippen LogP contribution in [0.1, 0.15) is 22.3 Å². The zero-order chi connectivity index (χ0) is 43.2. The van der Waals surface area contributed by atoms with E-state index in [1.807, 2.05) is 0 Å². The van der Waals surface area contributed by atoms with Gasteiger partial charge in [-0.05, 0) is 107 Å². The van der Waals surface area contributed by atoms with Gasteiger partial charge in [0, 0.05) is 11.1 Å². The number of fused-ring (bicyclic) bond motifs is 5. The summed E-state index contributed by atoms with van der Waals surface area (Å²) < 4.78 is 0. The van der Waals surface area contributed by atoms with Crippen LogP contribution >= 0.6 is 0 Å². The van der Waals surface area contributed by atoms with Gasteiger partial charge in [-0.15, -0.1) is 0 Å². The van der Waals surface area contributed by atoms with E-state index in [0.29, 0.717) is 0 Å². The van der Waals surface area contributed by atoms with Crippen LogP contribution in [0.25, 0.3) is 88.9 Å². The molecule has 304 valence electrons. The third-order valence-electron chi connectivity index (χ3n) is 13.4. The molecule has 0 atom stereocenters. The van der Waals surface area contributed by atoms with Gasteiger partial charge in [0.05, 0.1) is 16.8 Å². The van der Waals surface area contributed by atoms with Gasteiger partial charge in [0.1, 0.15) is 0 Å².